The van der Waals surface area contributed by atoms with Gasteiger partial charge in [-0.25, -0.2) is 34.3 Å². The van der Waals surface area contributed by atoms with Crippen LogP contribution in [-0.4, -0.2) is 107 Å². The first-order chi connectivity index (χ1) is 41.9. The second-order valence-corrected chi connectivity index (χ2v) is 25.8. The van der Waals surface area contributed by atoms with Crippen molar-refractivity contribution in [3.05, 3.63) is 148 Å². The van der Waals surface area contributed by atoms with E-state index in [1.807, 2.05) is 112 Å². The number of aryl methyl sites for hydroxylation is 4. The highest BCUT2D eigenvalue weighted by Crippen LogP contribution is 2.35. The van der Waals surface area contributed by atoms with E-state index in [4.69, 9.17) is 15.2 Å². The number of amides is 4. The Hall–Kier alpha value is -8.27. The van der Waals surface area contributed by atoms with Crippen LogP contribution in [0.2, 0.25) is 0 Å². The van der Waals surface area contributed by atoms with E-state index >= 15 is 0 Å². The molecule has 4 aliphatic heterocycles. The second kappa shape index (κ2) is 29.2. The molecule has 0 spiro atoms. The van der Waals surface area contributed by atoms with Crippen LogP contribution >= 0.6 is 15.9 Å². The van der Waals surface area contributed by atoms with Crippen LogP contribution < -0.4 is 25.8 Å². The zero-order valence-corrected chi connectivity index (χ0v) is 53.5. The van der Waals surface area contributed by atoms with Crippen molar-refractivity contribution in [2.24, 2.45) is 17.6 Å². The lowest BCUT2D eigenvalue weighted by Gasteiger charge is -2.30. The van der Waals surface area contributed by atoms with Crippen LogP contribution in [0.3, 0.4) is 0 Å². The van der Waals surface area contributed by atoms with Gasteiger partial charge in [-0.05, 0) is 197 Å². The highest BCUT2D eigenvalue weighted by Gasteiger charge is 2.31. The van der Waals surface area contributed by atoms with E-state index in [1.54, 1.807) is 59.2 Å². The summed E-state index contributed by atoms with van der Waals surface area (Å²) in [5.41, 5.74) is 16.5. The van der Waals surface area contributed by atoms with Crippen LogP contribution in [0.1, 0.15) is 151 Å². The summed E-state index contributed by atoms with van der Waals surface area (Å²) in [6.07, 6.45) is 23.8. The molecule has 11 rings (SSSR count). The summed E-state index contributed by atoms with van der Waals surface area (Å²) in [6, 6.07) is 13.5. The third kappa shape index (κ3) is 17.3. The highest BCUT2D eigenvalue weighted by atomic mass is 79.9. The highest BCUT2D eigenvalue weighted by molar-refractivity contribution is 9.10. The number of ether oxygens (including phenoxy) is 2. The number of aliphatic hydroxyl groups excluding tert-OH is 2. The zero-order chi connectivity index (χ0) is 63.5. The predicted octanol–water partition coefficient (Wildman–Crippen LogP) is 13.0. The van der Waals surface area contributed by atoms with Gasteiger partial charge in [-0.2, -0.15) is 0 Å². The number of urea groups is 1. The number of nitrogens with zero attached hydrogens (tertiary/aromatic N) is 10. The number of primary amides is 1. The third-order valence-electron chi connectivity index (χ3n) is 14.8. The summed E-state index contributed by atoms with van der Waals surface area (Å²) in [5.74, 6) is 3.29. The van der Waals surface area contributed by atoms with Gasteiger partial charge in [-0.3, -0.25) is 34.4 Å². The average molecular weight is 1260 g/mol. The van der Waals surface area contributed by atoms with Crippen molar-refractivity contribution in [1.82, 2.24) is 34.9 Å². The minimum absolute atomic E-state index is 0.118. The van der Waals surface area contributed by atoms with Gasteiger partial charge in [-0.1, -0.05) is 27.7 Å². The summed E-state index contributed by atoms with van der Waals surface area (Å²) >= 11 is 3.40. The Kier molecular flexibility index (Phi) is 21.8. The third-order valence-corrected chi connectivity index (χ3v) is 15.2. The summed E-state index contributed by atoms with van der Waals surface area (Å²) in [4.78, 5) is 82.1. The number of halogens is 1. The molecule has 0 saturated carbocycles. The maximum Gasteiger partial charge on any atom is 0.416 e. The van der Waals surface area contributed by atoms with Gasteiger partial charge in [0.1, 0.15) is 34.5 Å². The Balaban J connectivity index is 0.000000153. The van der Waals surface area contributed by atoms with Gasteiger partial charge in [0.15, 0.2) is 6.29 Å². The first-order valence-electron chi connectivity index (χ1n) is 30.0. The molecule has 2 atom stereocenters. The molecule has 2 unspecified atom stereocenters. The molecule has 11 heterocycles. The number of anilines is 4. The van der Waals surface area contributed by atoms with Crippen molar-refractivity contribution < 1.29 is 38.9 Å². The number of aliphatic hydroxyl groups is 2. The van der Waals surface area contributed by atoms with Gasteiger partial charge in [0, 0.05) is 132 Å². The molecule has 4 aliphatic rings. The molecule has 4 amide bonds. The summed E-state index contributed by atoms with van der Waals surface area (Å²) in [7, 11) is 0. The number of hydrogen-bond acceptors (Lipinski definition) is 16. The molecular formula is C67H81BrN12O8. The Labute approximate surface area is 523 Å². The van der Waals surface area contributed by atoms with Gasteiger partial charge in [0.2, 0.25) is 0 Å². The molecule has 0 aliphatic carbocycles. The van der Waals surface area contributed by atoms with E-state index < -0.39 is 29.4 Å². The van der Waals surface area contributed by atoms with Crippen LogP contribution in [-0.2, 0) is 35.2 Å². The molecule has 7 aromatic heterocycles. The zero-order valence-electron chi connectivity index (χ0n) is 52.0. The van der Waals surface area contributed by atoms with Crippen molar-refractivity contribution >= 4 is 63.7 Å². The van der Waals surface area contributed by atoms with E-state index in [0.29, 0.717) is 36.8 Å². The molecule has 0 bridgehead atoms. The topological polar surface area (TPSA) is 265 Å². The smallest absolute Gasteiger partial charge is 0.416 e. The fraction of sp³-hybridized carbons (Fsp3) is 0.418. The number of carbonyl (C=O) groups excluding carboxylic acids is 4. The van der Waals surface area contributed by atoms with Crippen LogP contribution in [0, 0.1) is 11.8 Å². The lowest BCUT2D eigenvalue weighted by atomic mass is 9.97. The summed E-state index contributed by atoms with van der Waals surface area (Å²) in [5, 5.41) is 23.8. The molecular weight excluding hydrogens is 1180 g/mol. The van der Waals surface area contributed by atoms with E-state index in [9.17, 15) is 29.4 Å². The Morgan fingerprint density at radius 1 is 0.534 bits per heavy atom. The lowest BCUT2D eigenvalue weighted by Crippen LogP contribution is -2.40. The number of aldehydes is 1. The first-order valence-corrected chi connectivity index (χ1v) is 30.8. The fourth-order valence-corrected chi connectivity index (χ4v) is 10.8. The second-order valence-electron chi connectivity index (χ2n) is 24.9. The van der Waals surface area contributed by atoms with Crippen molar-refractivity contribution in [3.63, 3.8) is 0 Å². The van der Waals surface area contributed by atoms with Crippen LogP contribution in [0.25, 0.3) is 33.4 Å². The van der Waals surface area contributed by atoms with Crippen molar-refractivity contribution in [1.29, 1.82) is 0 Å². The summed E-state index contributed by atoms with van der Waals surface area (Å²) in [6.45, 7) is 21.9. The quantitative estimate of drug-likeness (QED) is 0.103. The van der Waals surface area contributed by atoms with Crippen molar-refractivity contribution in [2.45, 2.75) is 144 Å². The standard InChI is InChI=1S/C19H21N3O3.C18H22N4O2.C17H21N3O.C13H17BrN2O2/c1-19(2,3)25-18(24)22-6-4-5-14-8-16(11-21-17(14)22)15-7-13(12-23)9-20-10-15;1-11(2)16(23)15-7-13(8-20-9-15)14-6-12-4-3-5-22(18(19)24)17(12)21-10-14;1-11(2)16(21)15-7-13(8-18-9-15)14-6-12-4-3-5-19-17(12)20-10-14;1-13(2,3)18-12(17)16-6-4-5-9-7-10(14)8-15-11(9)16/h7-12H,4-6H2,1-3H3;6-11,16,23H,3-5H2,1-2H3,(H2,19,24);6-11,16,21H,3-5H2,1-2H3,(H,19,20);7-8H,4-6H2,1-3H3. The maximum atomic E-state index is 12.4. The Morgan fingerprint density at radius 2 is 0.932 bits per heavy atom. The van der Waals surface area contributed by atoms with Gasteiger partial charge in [-0.15, -0.1) is 0 Å². The van der Waals surface area contributed by atoms with E-state index in [1.165, 1.54) is 16.7 Å². The number of aromatic nitrogens is 7. The molecule has 0 radical (unpaired) electrons. The number of fused-ring (bicyclic) bond motifs is 4. The van der Waals surface area contributed by atoms with Crippen LogP contribution in [0.4, 0.5) is 37.7 Å². The molecule has 5 N–H and O–H groups in total. The summed E-state index contributed by atoms with van der Waals surface area (Å²) < 4.78 is 11.8. The van der Waals surface area contributed by atoms with Crippen molar-refractivity contribution in [2.75, 3.05) is 46.2 Å². The minimum Gasteiger partial charge on any atom is -0.443 e. The molecule has 7 aromatic rings. The van der Waals surface area contributed by atoms with E-state index in [-0.39, 0.29) is 24.0 Å². The molecule has 21 heteroatoms. The number of carbonyl (C=O) groups is 4. The van der Waals surface area contributed by atoms with Gasteiger partial charge in [0.25, 0.3) is 0 Å². The van der Waals surface area contributed by atoms with Gasteiger partial charge < -0.3 is 30.7 Å². The Bertz CT molecular complexity index is 3610. The van der Waals surface area contributed by atoms with Crippen LogP contribution in [0.5, 0.6) is 0 Å². The van der Waals surface area contributed by atoms with Gasteiger partial charge >= 0.3 is 18.2 Å². The number of pyridine rings is 7. The SMILES string of the molecule is CC(C)(C)OC(=O)N1CCCc2cc(-c3cncc(C=O)c3)cnc21.CC(C)(C)OC(=O)N1CCCc2cc(Br)cnc21.CC(C)C(O)c1cncc(-c2cnc3c(c2)CCCN3)c1.CC(C)C(O)c1cncc(-c2cnc3c(c2)CCCN3C(N)=O)c1. The Morgan fingerprint density at radius 3 is 1.40 bits per heavy atom. The molecule has 0 saturated heterocycles. The monoisotopic (exact) mass is 1260 g/mol. The number of nitrogens with one attached hydrogen (secondary N) is 1. The lowest BCUT2D eigenvalue weighted by molar-refractivity contribution is 0.0565. The molecule has 0 aromatic carbocycles. The molecule has 88 heavy (non-hydrogen) atoms. The minimum atomic E-state index is -0.548. The fourth-order valence-electron chi connectivity index (χ4n) is 10.4. The average Bonchev–Trinajstić information content (AvgIpc) is 3.10. The number of rotatable bonds is 8. The maximum absolute atomic E-state index is 12.4. The normalized spacial score (nSPS) is 14.9. The first kappa shape index (κ1) is 65.7. The molecule has 464 valence electrons. The molecule has 0 fully saturated rings. The van der Waals surface area contributed by atoms with Crippen LogP contribution in [0.15, 0.2) is 109 Å². The number of hydrogen-bond donors (Lipinski definition) is 4. The molecule has 20 nitrogen and oxygen atoms in total. The largest absolute Gasteiger partial charge is 0.443 e. The van der Waals surface area contributed by atoms with Gasteiger partial charge in [0.05, 0.1) is 12.2 Å². The van der Waals surface area contributed by atoms with E-state index in [2.05, 4.69) is 62.2 Å². The van der Waals surface area contributed by atoms with E-state index in [0.717, 1.165) is 142 Å². The number of nitrogens with two attached hydrogens (primary N) is 1. The predicted molar refractivity (Wildman–Crippen MR) is 345 cm³/mol. The van der Waals surface area contributed by atoms with Crippen molar-refractivity contribution in [3.8, 4) is 33.4 Å².